The van der Waals surface area contributed by atoms with Crippen molar-refractivity contribution in [1.29, 1.82) is 0 Å². The Hall–Kier alpha value is -4.08. The molecule has 38 heavy (non-hydrogen) atoms. The Morgan fingerprint density at radius 1 is 0.974 bits per heavy atom. The normalized spacial score (nSPS) is 14.7. The van der Waals surface area contributed by atoms with E-state index in [9.17, 15) is 19.2 Å². The first-order chi connectivity index (χ1) is 18.1. The number of carbonyl (C=O) groups is 3. The van der Waals surface area contributed by atoms with Gasteiger partial charge in [0.2, 0.25) is 23.0 Å². The van der Waals surface area contributed by atoms with Crippen molar-refractivity contribution in [2.24, 2.45) is 0 Å². The lowest BCUT2D eigenvalue weighted by atomic mass is 9.95. The number of hydrogen-bond acceptors (Lipinski definition) is 8. The fourth-order valence-corrected chi connectivity index (χ4v) is 4.99. The first kappa shape index (κ1) is 28.5. The van der Waals surface area contributed by atoms with Crippen molar-refractivity contribution >= 4 is 17.7 Å². The van der Waals surface area contributed by atoms with Gasteiger partial charge in [0.1, 0.15) is 6.04 Å². The van der Waals surface area contributed by atoms with Gasteiger partial charge < -0.3 is 24.3 Å². The molecule has 0 aliphatic heterocycles. The summed E-state index contributed by atoms with van der Waals surface area (Å²) in [6, 6.07) is 4.78. The number of nitrogens with one attached hydrogen (secondary N) is 1. The monoisotopic (exact) mass is 526 g/mol. The summed E-state index contributed by atoms with van der Waals surface area (Å²) in [5.74, 6) is -0.116. The third-order valence-corrected chi connectivity index (χ3v) is 6.66. The van der Waals surface area contributed by atoms with Gasteiger partial charge in [-0.15, -0.1) is 0 Å². The van der Waals surface area contributed by atoms with Gasteiger partial charge in [0.25, 0.3) is 5.91 Å². The summed E-state index contributed by atoms with van der Waals surface area (Å²) in [4.78, 5) is 52.7. The second-order valence-corrected chi connectivity index (χ2v) is 8.90. The summed E-state index contributed by atoms with van der Waals surface area (Å²) in [5, 5.41) is 2.63. The zero-order valence-electron chi connectivity index (χ0n) is 22.8. The second kappa shape index (κ2) is 12.0. The number of rotatable bonds is 8. The van der Waals surface area contributed by atoms with Gasteiger partial charge in [0.05, 0.1) is 34.5 Å². The average molecular weight is 527 g/mol. The van der Waals surface area contributed by atoms with Gasteiger partial charge >= 0.3 is 0 Å². The molecule has 204 valence electrons. The molecule has 2 aromatic carbocycles. The first-order valence-electron chi connectivity index (χ1n) is 12.3. The molecule has 0 radical (unpaired) electrons. The Morgan fingerprint density at radius 2 is 1.63 bits per heavy atom. The van der Waals surface area contributed by atoms with Gasteiger partial charge in [-0.05, 0) is 54.2 Å². The van der Waals surface area contributed by atoms with Crippen LogP contribution in [0.5, 0.6) is 23.0 Å². The van der Waals surface area contributed by atoms with Crippen LogP contribution in [0.4, 0.5) is 0 Å². The smallest absolute Gasteiger partial charge is 0.252 e. The van der Waals surface area contributed by atoms with Crippen LogP contribution in [0.25, 0.3) is 11.1 Å². The molecule has 1 N–H and O–H groups in total. The Morgan fingerprint density at radius 3 is 2.16 bits per heavy atom. The summed E-state index contributed by atoms with van der Waals surface area (Å²) in [6.45, 7) is 4.36. The van der Waals surface area contributed by atoms with Crippen molar-refractivity contribution in [3.8, 4) is 34.1 Å². The summed E-state index contributed by atoms with van der Waals surface area (Å²) in [6.07, 6.45) is 1.02. The molecule has 10 nitrogen and oxygen atoms in total. The molecule has 0 aromatic heterocycles. The van der Waals surface area contributed by atoms with Gasteiger partial charge in [-0.25, -0.2) is 0 Å². The molecule has 10 heteroatoms. The highest BCUT2D eigenvalue weighted by molar-refractivity contribution is 5.99. The number of benzene rings is 1. The number of carbonyl (C=O) groups excluding carboxylic acids is 3. The zero-order valence-corrected chi connectivity index (χ0v) is 22.8. The molecular weight excluding hydrogens is 492 g/mol. The van der Waals surface area contributed by atoms with E-state index < -0.39 is 29.3 Å². The second-order valence-electron chi connectivity index (χ2n) is 8.90. The molecule has 0 bridgehead atoms. The van der Waals surface area contributed by atoms with Crippen LogP contribution in [0.2, 0.25) is 0 Å². The van der Waals surface area contributed by atoms with Crippen LogP contribution in [0.1, 0.15) is 50.8 Å². The third-order valence-electron chi connectivity index (χ3n) is 6.66. The van der Waals surface area contributed by atoms with Gasteiger partial charge in [-0.2, -0.15) is 0 Å². The topological polar surface area (TPSA) is 120 Å². The Kier molecular flexibility index (Phi) is 8.98. The highest BCUT2D eigenvalue weighted by atomic mass is 16.5. The maximum Gasteiger partial charge on any atom is 0.252 e. The standard InChI is InChI=1S/C28H34N2O8/c1-8-20(29-15(2)31)28(34)30(16(3)32)21-11-9-17-13-24(36-5)26(37-6)27(38-7)25(17)18-10-12-23(35-4)22(33)14-19(18)21/h10,12-14,20-21H,8-9,11H2,1-7H3,(H,29,31)/t20-,21-/m0/s1. The van der Waals surface area contributed by atoms with Crippen LogP contribution < -0.4 is 29.7 Å². The molecule has 0 saturated carbocycles. The number of amides is 3. The SMILES string of the molecule is CC[C@H](NC(C)=O)C(=O)N(C(C)=O)[C@H]1CCc2cc(OC)c(OC)c(OC)c2-c2ccc(OC)c(=O)cc21. The van der Waals surface area contributed by atoms with E-state index in [2.05, 4.69) is 5.32 Å². The molecule has 1 aliphatic rings. The molecule has 0 spiro atoms. The molecule has 2 aromatic rings. The first-order valence-corrected chi connectivity index (χ1v) is 12.3. The van der Waals surface area contributed by atoms with Crippen LogP contribution in [-0.4, -0.2) is 57.1 Å². The maximum absolute atomic E-state index is 13.7. The van der Waals surface area contributed by atoms with Crippen LogP contribution in [-0.2, 0) is 20.8 Å². The molecule has 0 saturated heterocycles. The number of hydrogen-bond donors (Lipinski definition) is 1. The van der Waals surface area contributed by atoms with Crippen molar-refractivity contribution < 1.29 is 33.3 Å². The minimum atomic E-state index is -0.904. The van der Waals surface area contributed by atoms with E-state index in [4.69, 9.17) is 18.9 Å². The molecule has 0 unspecified atom stereocenters. The maximum atomic E-state index is 13.7. The molecular formula is C28H34N2O8. The third kappa shape index (κ3) is 5.29. The van der Waals surface area contributed by atoms with Crippen molar-refractivity contribution in [2.45, 2.75) is 52.1 Å². The van der Waals surface area contributed by atoms with Crippen molar-refractivity contribution in [1.82, 2.24) is 10.2 Å². The molecule has 2 atom stereocenters. The minimum Gasteiger partial charge on any atom is -0.493 e. The number of fused-ring (bicyclic) bond motifs is 3. The predicted molar refractivity (Wildman–Crippen MR) is 141 cm³/mol. The molecule has 3 rings (SSSR count). The van der Waals surface area contributed by atoms with E-state index in [1.807, 2.05) is 6.07 Å². The Bertz CT molecular complexity index is 1310. The number of methoxy groups -OCH3 is 4. The van der Waals surface area contributed by atoms with Crippen molar-refractivity contribution in [3.05, 3.63) is 45.6 Å². The summed E-state index contributed by atoms with van der Waals surface area (Å²) in [7, 11) is 5.92. The number of ether oxygens (including phenoxy) is 4. The van der Waals surface area contributed by atoms with Gasteiger partial charge in [-0.3, -0.25) is 24.1 Å². The summed E-state index contributed by atoms with van der Waals surface area (Å²) in [5.41, 5.74) is 2.10. The molecule has 0 fully saturated rings. The van der Waals surface area contributed by atoms with Gasteiger partial charge in [0.15, 0.2) is 17.2 Å². The molecule has 1 aliphatic carbocycles. The van der Waals surface area contributed by atoms with Gasteiger partial charge in [-0.1, -0.05) is 13.0 Å². The van der Waals surface area contributed by atoms with Crippen LogP contribution in [0.15, 0.2) is 29.1 Å². The van der Waals surface area contributed by atoms with E-state index in [1.165, 1.54) is 48.4 Å². The van der Waals surface area contributed by atoms with Crippen LogP contribution in [0.3, 0.4) is 0 Å². The van der Waals surface area contributed by atoms with E-state index in [1.54, 1.807) is 19.1 Å². The quantitative estimate of drug-likeness (QED) is 0.557. The van der Waals surface area contributed by atoms with Crippen molar-refractivity contribution in [3.63, 3.8) is 0 Å². The fourth-order valence-electron chi connectivity index (χ4n) is 4.99. The number of aryl methyl sites for hydroxylation is 1. The molecule has 0 heterocycles. The Balaban J connectivity index is 2.39. The lowest BCUT2D eigenvalue weighted by Gasteiger charge is -2.32. The summed E-state index contributed by atoms with van der Waals surface area (Å²) < 4.78 is 22.2. The largest absolute Gasteiger partial charge is 0.493 e. The van der Waals surface area contributed by atoms with Crippen LogP contribution in [0, 0.1) is 0 Å². The number of imide groups is 1. The van der Waals surface area contributed by atoms with Gasteiger partial charge in [0, 0.05) is 19.4 Å². The Labute approximate surface area is 221 Å². The highest BCUT2D eigenvalue weighted by Gasteiger charge is 2.37. The van der Waals surface area contributed by atoms with Crippen molar-refractivity contribution in [2.75, 3.05) is 28.4 Å². The lowest BCUT2D eigenvalue weighted by Crippen LogP contribution is -2.50. The van der Waals surface area contributed by atoms with E-state index in [0.29, 0.717) is 46.8 Å². The highest BCUT2D eigenvalue weighted by Crippen LogP contribution is 2.51. The average Bonchev–Trinajstić information content (AvgIpc) is 3.14. The zero-order chi connectivity index (χ0) is 28.1. The van der Waals surface area contributed by atoms with E-state index in [0.717, 1.165) is 10.5 Å². The molecule has 3 amide bonds. The lowest BCUT2D eigenvalue weighted by molar-refractivity contribution is -0.149. The van der Waals surface area contributed by atoms with E-state index in [-0.39, 0.29) is 18.1 Å². The summed E-state index contributed by atoms with van der Waals surface area (Å²) >= 11 is 0. The fraction of sp³-hybridized carbons (Fsp3) is 0.429. The minimum absolute atomic E-state index is 0.100. The van der Waals surface area contributed by atoms with Crippen LogP contribution >= 0.6 is 0 Å². The number of nitrogens with zero attached hydrogens (tertiary/aromatic N) is 1. The van der Waals surface area contributed by atoms with E-state index >= 15 is 0 Å². The predicted octanol–water partition coefficient (Wildman–Crippen LogP) is 3.03.